The van der Waals surface area contributed by atoms with E-state index in [-0.39, 0.29) is 36.5 Å². The zero-order chi connectivity index (χ0) is 21.3. The molecule has 1 aliphatic heterocycles. The lowest BCUT2D eigenvalue weighted by atomic mass is 10.0. The number of aryl methyl sites for hydroxylation is 1. The molecular formula is C25H28N2O3. The van der Waals surface area contributed by atoms with Crippen LogP contribution in [-0.2, 0) is 9.59 Å². The standard InChI is InChI=1S/C25H28N2O3/c1-19-7-10-21(11-8-19)23(28)12-13-24(29)26-22-15-17-27(18-16-22)25(30)14-9-20-5-3-2-4-6-20/h2-11,14,22H,12-13,15-18H2,1H3,(H,26,29)/b14-9+. The number of nitrogens with zero attached hydrogens (tertiary/aromatic N) is 1. The molecule has 0 unspecified atom stereocenters. The molecule has 156 valence electrons. The quantitative estimate of drug-likeness (QED) is 0.564. The number of ketones is 1. The minimum Gasteiger partial charge on any atom is -0.353 e. The number of nitrogens with one attached hydrogen (secondary N) is 1. The van der Waals surface area contributed by atoms with Gasteiger partial charge in [0.05, 0.1) is 0 Å². The summed E-state index contributed by atoms with van der Waals surface area (Å²) in [4.78, 5) is 38.6. The van der Waals surface area contributed by atoms with Crippen LogP contribution in [0, 0.1) is 6.92 Å². The monoisotopic (exact) mass is 404 g/mol. The van der Waals surface area contributed by atoms with Crippen molar-refractivity contribution in [2.45, 2.75) is 38.6 Å². The molecule has 0 spiro atoms. The van der Waals surface area contributed by atoms with Crippen LogP contribution in [0.3, 0.4) is 0 Å². The topological polar surface area (TPSA) is 66.5 Å². The van der Waals surface area contributed by atoms with Gasteiger partial charge in [0.1, 0.15) is 0 Å². The molecule has 2 amide bonds. The Morgan fingerprint density at radius 1 is 0.967 bits per heavy atom. The lowest BCUT2D eigenvalue weighted by molar-refractivity contribution is -0.127. The second kappa shape index (κ2) is 10.5. The van der Waals surface area contributed by atoms with Crippen molar-refractivity contribution >= 4 is 23.7 Å². The smallest absolute Gasteiger partial charge is 0.246 e. The van der Waals surface area contributed by atoms with Gasteiger partial charge in [-0.15, -0.1) is 0 Å². The van der Waals surface area contributed by atoms with Crippen molar-refractivity contribution in [3.63, 3.8) is 0 Å². The van der Waals surface area contributed by atoms with E-state index in [1.807, 2.05) is 60.4 Å². The van der Waals surface area contributed by atoms with E-state index in [1.165, 1.54) is 0 Å². The molecule has 0 atom stereocenters. The summed E-state index contributed by atoms with van der Waals surface area (Å²) < 4.78 is 0. The summed E-state index contributed by atoms with van der Waals surface area (Å²) in [5.41, 5.74) is 2.74. The number of amides is 2. The van der Waals surface area contributed by atoms with Crippen molar-refractivity contribution < 1.29 is 14.4 Å². The number of hydrogen-bond acceptors (Lipinski definition) is 3. The molecule has 0 aliphatic carbocycles. The fraction of sp³-hybridized carbons (Fsp3) is 0.320. The van der Waals surface area contributed by atoms with Crippen LogP contribution < -0.4 is 5.32 Å². The molecule has 0 saturated carbocycles. The number of rotatable bonds is 7. The van der Waals surface area contributed by atoms with Crippen LogP contribution >= 0.6 is 0 Å². The minimum atomic E-state index is -0.107. The number of carbonyl (C=O) groups is 3. The van der Waals surface area contributed by atoms with Gasteiger partial charge in [-0.25, -0.2) is 0 Å². The SMILES string of the molecule is Cc1ccc(C(=O)CCC(=O)NC2CCN(C(=O)/C=C/c3ccccc3)CC2)cc1. The highest BCUT2D eigenvalue weighted by atomic mass is 16.2. The van der Waals surface area contributed by atoms with Gasteiger partial charge >= 0.3 is 0 Å². The van der Waals surface area contributed by atoms with Gasteiger partial charge in [-0.05, 0) is 31.4 Å². The van der Waals surface area contributed by atoms with Gasteiger partial charge in [-0.1, -0.05) is 60.2 Å². The highest BCUT2D eigenvalue weighted by Crippen LogP contribution is 2.13. The van der Waals surface area contributed by atoms with Gasteiger partial charge < -0.3 is 10.2 Å². The molecule has 1 heterocycles. The molecule has 0 aromatic heterocycles. The first-order valence-corrected chi connectivity index (χ1v) is 10.4. The summed E-state index contributed by atoms with van der Waals surface area (Å²) in [5.74, 6) is -0.132. The summed E-state index contributed by atoms with van der Waals surface area (Å²) in [6.07, 6.45) is 5.26. The van der Waals surface area contributed by atoms with Crippen LogP contribution in [-0.4, -0.2) is 41.6 Å². The Labute approximate surface area is 177 Å². The molecule has 2 aromatic rings. The van der Waals surface area contributed by atoms with Gasteiger partial charge in [0.25, 0.3) is 0 Å². The molecule has 1 saturated heterocycles. The van der Waals surface area contributed by atoms with E-state index in [2.05, 4.69) is 5.32 Å². The average molecular weight is 405 g/mol. The molecule has 30 heavy (non-hydrogen) atoms. The maximum absolute atomic E-state index is 12.3. The number of likely N-dealkylation sites (tertiary alicyclic amines) is 1. The zero-order valence-corrected chi connectivity index (χ0v) is 17.3. The van der Waals surface area contributed by atoms with Crippen LogP contribution in [0.4, 0.5) is 0 Å². The van der Waals surface area contributed by atoms with Crippen molar-refractivity contribution in [3.05, 3.63) is 77.4 Å². The predicted molar refractivity (Wildman–Crippen MR) is 118 cm³/mol. The van der Waals surface area contributed by atoms with Crippen LogP contribution in [0.5, 0.6) is 0 Å². The summed E-state index contributed by atoms with van der Waals surface area (Å²) in [5, 5.41) is 3.00. The summed E-state index contributed by atoms with van der Waals surface area (Å²) in [6, 6.07) is 17.2. The van der Waals surface area contributed by atoms with Crippen molar-refractivity contribution in [2.24, 2.45) is 0 Å². The van der Waals surface area contributed by atoms with Crippen molar-refractivity contribution in [1.29, 1.82) is 0 Å². The number of Topliss-reactive ketones (excluding diaryl/α,β-unsaturated/α-hetero) is 1. The fourth-order valence-corrected chi connectivity index (χ4v) is 3.49. The van der Waals surface area contributed by atoms with Crippen molar-refractivity contribution in [1.82, 2.24) is 10.2 Å². The Kier molecular flexibility index (Phi) is 7.55. The van der Waals surface area contributed by atoms with Crippen molar-refractivity contribution in [2.75, 3.05) is 13.1 Å². The highest BCUT2D eigenvalue weighted by Gasteiger charge is 2.23. The number of piperidine rings is 1. The molecule has 2 aromatic carbocycles. The Morgan fingerprint density at radius 2 is 1.63 bits per heavy atom. The van der Waals surface area contributed by atoms with Crippen LogP contribution in [0.25, 0.3) is 6.08 Å². The molecule has 0 radical (unpaired) electrons. The van der Waals surface area contributed by atoms with E-state index in [1.54, 1.807) is 18.2 Å². The number of carbonyl (C=O) groups excluding carboxylic acids is 3. The Bertz CT molecular complexity index is 896. The Hall–Kier alpha value is -3.21. The van der Waals surface area contributed by atoms with Gasteiger partial charge in [0.15, 0.2) is 5.78 Å². The fourth-order valence-electron chi connectivity index (χ4n) is 3.49. The first kappa shape index (κ1) is 21.5. The second-order valence-corrected chi connectivity index (χ2v) is 7.70. The van der Waals surface area contributed by atoms with E-state index < -0.39 is 0 Å². The second-order valence-electron chi connectivity index (χ2n) is 7.70. The summed E-state index contributed by atoms with van der Waals surface area (Å²) >= 11 is 0. The minimum absolute atomic E-state index is 0.00711. The van der Waals surface area contributed by atoms with E-state index in [0.29, 0.717) is 18.7 Å². The van der Waals surface area contributed by atoms with E-state index in [9.17, 15) is 14.4 Å². The van der Waals surface area contributed by atoms with Crippen LogP contribution in [0.15, 0.2) is 60.7 Å². The van der Waals surface area contributed by atoms with Gasteiger partial charge in [0, 0.05) is 43.6 Å². The van der Waals surface area contributed by atoms with E-state index in [0.717, 1.165) is 24.0 Å². The highest BCUT2D eigenvalue weighted by molar-refractivity contribution is 5.98. The molecule has 0 bridgehead atoms. The third kappa shape index (κ3) is 6.41. The lowest BCUT2D eigenvalue weighted by Crippen LogP contribution is -2.46. The molecular weight excluding hydrogens is 376 g/mol. The third-order valence-corrected chi connectivity index (χ3v) is 5.34. The molecule has 5 nitrogen and oxygen atoms in total. The molecule has 1 aliphatic rings. The predicted octanol–water partition coefficient (Wildman–Crippen LogP) is 3.78. The maximum Gasteiger partial charge on any atom is 0.246 e. The number of benzene rings is 2. The number of hydrogen-bond donors (Lipinski definition) is 1. The molecule has 1 N–H and O–H groups in total. The van der Waals surface area contributed by atoms with E-state index >= 15 is 0 Å². The lowest BCUT2D eigenvalue weighted by Gasteiger charge is -2.31. The normalized spacial score (nSPS) is 14.6. The first-order valence-electron chi connectivity index (χ1n) is 10.4. The zero-order valence-electron chi connectivity index (χ0n) is 17.3. The van der Waals surface area contributed by atoms with Gasteiger partial charge in [-0.2, -0.15) is 0 Å². The summed E-state index contributed by atoms with van der Waals surface area (Å²) in [7, 11) is 0. The van der Waals surface area contributed by atoms with Crippen LogP contribution in [0.1, 0.15) is 47.2 Å². The van der Waals surface area contributed by atoms with Gasteiger partial charge in [-0.3, -0.25) is 14.4 Å². The third-order valence-electron chi connectivity index (χ3n) is 5.34. The van der Waals surface area contributed by atoms with Crippen molar-refractivity contribution in [3.8, 4) is 0 Å². The average Bonchev–Trinajstić information content (AvgIpc) is 2.77. The maximum atomic E-state index is 12.3. The largest absolute Gasteiger partial charge is 0.353 e. The Balaban J connectivity index is 1.38. The first-order chi connectivity index (χ1) is 14.5. The molecule has 5 heteroatoms. The molecule has 1 fully saturated rings. The summed E-state index contributed by atoms with van der Waals surface area (Å²) in [6.45, 7) is 3.20. The van der Waals surface area contributed by atoms with Gasteiger partial charge in [0.2, 0.25) is 11.8 Å². The Morgan fingerprint density at radius 3 is 2.30 bits per heavy atom. The van der Waals surface area contributed by atoms with Crippen LogP contribution in [0.2, 0.25) is 0 Å². The van der Waals surface area contributed by atoms with E-state index in [4.69, 9.17) is 0 Å². The molecule has 3 rings (SSSR count).